The highest BCUT2D eigenvalue weighted by molar-refractivity contribution is 5.99. The van der Waals surface area contributed by atoms with Crippen LogP contribution in [0, 0.1) is 22.0 Å². The molecule has 1 aliphatic rings. The lowest BCUT2D eigenvalue weighted by Gasteiger charge is -2.07. The molecule has 0 aromatic heterocycles. The first-order valence-corrected chi connectivity index (χ1v) is 5.80. The second-order valence-electron chi connectivity index (χ2n) is 4.42. The Bertz CT molecular complexity index is 585. The molecule has 20 heavy (non-hydrogen) atoms. The molecular formula is C12H12N2O6. The number of rotatable bonds is 5. The normalized spacial score (nSPS) is 20.1. The van der Waals surface area contributed by atoms with Gasteiger partial charge >= 0.3 is 5.97 Å². The fraction of sp³-hybridized carbons (Fsp3) is 0.333. The van der Waals surface area contributed by atoms with Gasteiger partial charge in [0.25, 0.3) is 5.69 Å². The van der Waals surface area contributed by atoms with Gasteiger partial charge in [-0.05, 0) is 18.6 Å². The van der Waals surface area contributed by atoms with Gasteiger partial charge in [0, 0.05) is 0 Å². The summed E-state index contributed by atoms with van der Waals surface area (Å²) in [7, 11) is 1.37. The first-order chi connectivity index (χ1) is 9.43. The van der Waals surface area contributed by atoms with Gasteiger partial charge in [0.15, 0.2) is 0 Å². The lowest BCUT2D eigenvalue weighted by Crippen LogP contribution is -2.17. The van der Waals surface area contributed by atoms with E-state index in [4.69, 9.17) is 9.84 Å². The Morgan fingerprint density at radius 1 is 1.45 bits per heavy atom. The number of anilines is 1. The summed E-state index contributed by atoms with van der Waals surface area (Å²) in [5.74, 6) is -2.59. The number of hydrogen-bond donors (Lipinski definition) is 2. The molecule has 1 saturated carbocycles. The van der Waals surface area contributed by atoms with Gasteiger partial charge in [0.2, 0.25) is 5.91 Å². The average molecular weight is 280 g/mol. The predicted octanol–water partition coefficient (Wildman–Crippen LogP) is 1.26. The molecule has 2 unspecified atom stereocenters. The Labute approximate surface area is 113 Å². The zero-order valence-corrected chi connectivity index (χ0v) is 10.5. The van der Waals surface area contributed by atoms with E-state index >= 15 is 0 Å². The van der Waals surface area contributed by atoms with Crippen LogP contribution >= 0.6 is 0 Å². The highest BCUT2D eigenvalue weighted by Gasteiger charge is 2.48. The van der Waals surface area contributed by atoms with Crippen molar-refractivity contribution in [1.29, 1.82) is 0 Å². The topological polar surface area (TPSA) is 119 Å². The van der Waals surface area contributed by atoms with E-state index in [-0.39, 0.29) is 17.8 Å². The summed E-state index contributed by atoms with van der Waals surface area (Å²) in [6, 6.07) is 4.02. The van der Waals surface area contributed by atoms with Crippen molar-refractivity contribution < 1.29 is 24.4 Å². The Balaban J connectivity index is 2.15. The van der Waals surface area contributed by atoms with Gasteiger partial charge in [-0.1, -0.05) is 0 Å². The van der Waals surface area contributed by atoms with Gasteiger partial charge in [-0.25, -0.2) is 0 Å². The van der Waals surface area contributed by atoms with Gasteiger partial charge in [-0.2, -0.15) is 0 Å². The van der Waals surface area contributed by atoms with Gasteiger partial charge < -0.3 is 15.2 Å². The number of nitro groups is 1. The first-order valence-electron chi connectivity index (χ1n) is 5.80. The molecule has 1 aromatic rings. The van der Waals surface area contributed by atoms with Gasteiger partial charge in [0.05, 0.1) is 29.9 Å². The maximum Gasteiger partial charge on any atom is 0.307 e. The molecule has 0 heterocycles. The van der Waals surface area contributed by atoms with Crippen LogP contribution in [0.25, 0.3) is 0 Å². The van der Waals surface area contributed by atoms with Crippen LogP contribution in [-0.2, 0) is 9.59 Å². The number of aliphatic carboxylic acids is 1. The predicted molar refractivity (Wildman–Crippen MR) is 67.5 cm³/mol. The minimum atomic E-state index is -1.03. The van der Waals surface area contributed by atoms with Crippen molar-refractivity contribution in [2.75, 3.05) is 12.4 Å². The minimum absolute atomic E-state index is 0.0249. The van der Waals surface area contributed by atoms with Gasteiger partial charge in [-0.3, -0.25) is 19.7 Å². The lowest BCUT2D eigenvalue weighted by atomic mass is 10.2. The number of nitrogens with one attached hydrogen (secondary N) is 1. The number of amides is 1. The van der Waals surface area contributed by atoms with Crippen LogP contribution in [-0.4, -0.2) is 29.0 Å². The number of carbonyl (C=O) groups is 2. The second kappa shape index (κ2) is 5.16. The molecule has 1 aromatic carbocycles. The summed E-state index contributed by atoms with van der Waals surface area (Å²) in [5, 5.41) is 22.1. The van der Waals surface area contributed by atoms with Crippen molar-refractivity contribution >= 4 is 23.3 Å². The van der Waals surface area contributed by atoms with E-state index in [1.165, 1.54) is 25.3 Å². The van der Waals surface area contributed by atoms with E-state index in [0.29, 0.717) is 5.75 Å². The van der Waals surface area contributed by atoms with Crippen molar-refractivity contribution in [2.24, 2.45) is 11.8 Å². The quantitative estimate of drug-likeness (QED) is 0.619. The number of benzene rings is 1. The number of carbonyl (C=O) groups excluding carboxylic acids is 1. The monoisotopic (exact) mass is 280 g/mol. The van der Waals surface area contributed by atoms with Crippen LogP contribution in [0.5, 0.6) is 5.75 Å². The van der Waals surface area contributed by atoms with E-state index in [0.717, 1.165) is 0 Å². The Hall–Kier alpha value is -2.64. The molecule has 0 radical (unpaired) electrons. The van der Waals surface area contributed by atoms with Crippen molar-refractivity contribution in [2.45, 2.75) is 6.42 Å². The molecule has 106 valence electrons. The van der Waals surface area contributed by atoms with Crippen LogP contribution in [0.15, 0.2) is 18.2 Å². The molecule has 2 atom stereocenters. The summed E-state index contributed by atoms with van der Waals surface area (Å²) in [6.45, 7) is 0. The van der Waals surface area contributed by atoms with E-state index in [1.807, 2.05) is 0 Å². The maximum atomic E-state index is 11.8. The molecule has 1 amide bonds. The van der Waals surface area contributed by atoms with Gasteiger partial charge in [0.1, 0.15) is 11.4 Å². The fourth-order valence-corrected chi connectivity index (χ4v) is 1.88. The van der Waals surface area contributed by atoms with E-state index in [1.54, 1.807) is 0 Å². The molecular weight excluding hydrogens is 268 g/mol. The van der Waals surface area contributed by atoms with E-state index < -0.39 is 28.6 Å². The number of ether oxygens (including phenoxy) is 1. The van der Waals surface area contributed by atoms with Crippen molar-refractivity contribution in [3.8, 4) is 5.75 Å². The van der Waals surface area contributed by atoms with Crippen LogP contribution < -0.4 is 10.1 Å². The SMILES string of the molecule is COc1ccc(NC(=O)C2CC2C(=O)O)c([N+](=O)[O-])c1. The highest BCUT2D eigenvalue weighted by Crippen LogP contribution is 2.40. The highest BCUT2D eigenvalue weighted by atomic mass is 16.6. The molecule has 0 saturated heterocycles. The van der Waals surface area contributed by atoms with E-state index in [2.05, 4.69) is 5.32 Å². The smallest absolute Gasteiger partial charge is 0.307 e. The number of carboxylic acid groups (broad SMARTS) is 1. The average Bonchev–Trinajstić information content (AvgIpc) is 3.19. The fourth-order valence-electron chi connectivity index (χ4n) is 1.88. The first kappa shape index (κ1) is 13.8. The summed E-state index contributed by atoms with van der Waals surface area (Å²) in [5.41, 5.74) is -0.276. The van der Waals surface area contributed by atoms with Gasteiger partial charge in [-0.15, -0.1) is 0 Å². The summed E-state index contributed by atoms with van der Waals surface area (Å²) >= 11 is 0. The number of hydrogen-bond acceptors (Lipinski definition) is 5. The summed E-state index contributed by atoms with van der Waals surface area (Å²) < 4.78 is 4.88. The van der Waals surface area contributed by atoms with Crippen LogP contribution in [0.4, 0.5) is 11.4 Å². The Kier molecular flexibility index (Phi) is 3.55. The number of carboxylic acids is 1. The molecule has 2 N–H and O–H groups in total. The Morgan fingerprint density at radius 2 is 2.15 bits per heavy atom. The third-order valence-corrected chi connectivity index (χ3v) is 3.10. The van der Waals surface area contributed by atoms with Crippen LogP contribution in [0.1, 0.15) is 6.42 Å². The lowest BCUT2D eigenvalue weighted by molar-refractivity contribution is -0.384. The molecule has 8 nitrogen and oxygen atoms in total. The molecule has 0 spiro atoms. The molecule has 8 heteroatoms. The van der Waals surface area contributed by atoms with Crippen molar-refractivity contribution in [1.82, 2.24) is 0 Å². The zero-order chi connectivity index (χ0) is 14.9. The number of nitrogens with zero attached hydrogens (tertiary/aromatic N) is 1. The minimum Gasteiger partial charge on any atom is -0.496 e. The third-order valence-electron chi connectivity index (χ3n) is 3.10. The van der Waals surface area contributed by atoms with Crippen molar-refractivity contribution in [3.05, 3.63) is 28.3 Å². The number of nitro benzene ring substituents is 1. The molecule has 0 bridgehead atoms. The maximum absolute atomic E-state index is 11.8. The van der Waals surface area contributed by atoms with Crippen molar-refractivity contribution in [3.63, 3.8) is 0 Å². The summed E-state index contributed by atoms with van der Waals surface area (Å²) in [6.07, 6.45) is 0.255. The molecule has 1 aliphatic carbocycles. The third kappa shape index (κ3) is 2.68. The number of methoxy groups -OCH3 is 1. The summed E-state index contributed by atoms with van der Waals surface area (Å²) in [4.78, 5) is 32.8. The standard InChI is InChI=1S/C12H12N2O6/c1-20-6-2-3-9(10(4-6)14(18)19)13-11(15)7-5-8(7)12(16)17/h2-4,7-8H,5H2,1H3,(H,13,15)(H,16,17). The zero-order valence-electron chi connectivity index (χ0n) is 10.5. The van der Waals surface area contributed by atoms with Crippen LogP contribution in [0.2, 0.25) is 0 Å². The molecule has 1 fully saturated rings. The Morgan fingerprint density at radius 3 is 2.65 bits per heavy atom. The second-order valence-corrected chi connectivity index (χ2v) is 4.42. The largest absolute Gasteiger partial charge is 0.496 e. The van der Waals surface area contributed by atoms with E-state index in [9.17, 15) is 19.7 Å². The molecule has 2 rings (SSSR count). The van der Waals surface area contributed by atoms with Crippen LogP contribution in [0.3, 0.4) is 0 Å². The molecule has 0 aliphatic heterocycles.